The maximum atomic E-state index is 12.4. The Kier molecular flexibility index (Phi) is 5.70. The number of rotatable bonds is 6. The second kappa shape index (κ2) is 7.74. The Balaban J connectivity index is 1.95. The number of pyridine rings is 1. The first-order valence-corrected chi connectivity index (χ1v) is 7.91. The lowest BCUT2D eigenvalue weighted by molar-refractivity contribution is 0.0932. The topological polar surface area (TPSA) is 42.0 Å². The van der Waals surface area contributed by atoms with Gasteiger partial charge in [0, 0.05) is 11.7 Å². The molecule has 22 heavy (non-hydrogen) atoms. The van der Waals surface area contributed by atoms with Crippen molar-refractivity contribution in [3.8, 4) is 0 Å². The number of carbonyl (C=O) groups excluding carboxylic acids is 1. The van der Waals surface area contributed by atoms with E-state index >= 15 is 0 Å². The first-order valence-electron chi connectivity index (χ1n) is 7.91. The Morgan fingerprint density at radius 3 is 2.59 bits per heavy atom. The summed E-state index contributed by atoms with van der Waals surface area (Å²) in [7, 11) is 0. The van der Waals surface area contributed by atoms with E-state index in [0.717, 1.165) is 30.5 Å². The lowest BCUT2D eigenvalue weighted by Crippen LogP contribution is -2.34. The molecule has 1 aromatic heterocycles. The quantitative estimate of drug-likeness (QED) is 0.883. The number of amides is 1. The Hall–Kier alpha value is -2.16. The molecule has 2 rings (SSSR count). The average Bonchev–Trinajstić information content (AvgIpc) is 2.54. The molecule has 0 radical (unpaired) electrons. The highest BCUT2D eigenvalue weighted by atomic mass is 16.1. The van der Waals surface area contributed by atoms with Crippen molar-refractivity contribution in [3.63, 3.8) is 0 Å². The number of nitrogens with zero attached hydrogens (tertiary/aromatic N) is 1. The molecule has 3 heteroatoms. The number of aromatic nitrogens is 1. The van der Waals surface area contributed by atoms with Crippen molar-refractivity contribution in [2.45, 2.75) is 46.1 Å². The van der Waals surface area contributed by atoms with Crippen LogP contribution in [0.3, 0.4) is 0 Å². The number of nitrogens with one attached hydrogen (secondary N) is 1. The summed E-state index contributed by atoms with van der Waals surface area (Å²) >= 11 is 0. The van der Waals surface area contributed by atoms with E-state index in [1.807, 2.05) is 51.1 Å². The molecule has 0 fully saturated rings. The molecule has 0 aliphatic carbocycles. The van der Waals surface area contributed by atoms with Crippen molar-refractivity contribution >= 4 is 5.91 Å². The van der Waals surface area contributed by atoms with Crippen LogP contribution in [0.1, 0.15) is 47.6 Å². The van der Waals surface area contributed by atoms with Crippen LogP contribution >= 0.6 is 0 Å². The second-order valence-electron chi connectivity index (χ2n) is 5.71. The summed E-state index contributed by atoms with van der Waals surface area (Å²) in [6.45, 7) is 6.00. The van der Waals surface area contributed by atoms with Crippen LogP contribution in [0, 0.1) is 6.92 Å². The first-order chi connectivity index (χ1) is 10.6. The van der Waals surface area contributed by atoms with Crippen LogP contribution in [0.5, 0.6) is 0 Å². The Labute approximate surface area is 132 Å². The van der Waals surface area contributed by atoms with Gasteiger partial charge in [0.05, 0.1) is 0 Å². The summed E-state index contributed by atoms with van der Waals surface area (Å²) in [5, 5.41) is 3.07. The third-order valence-electron chi connectivity index (χ3n) is 3.80. The maximum absolute atomic E-state index is 12.4. The Morgan fingerprint density at radius 1 is 1.18 bits per heavy atom. The van der Waals surface area contributed by atoms with Gasteiger partial charge in [-0.1, -0.05) is 43.3 Å². The number of hydrogen-bond donors (Lipinski definition) is 1. The van der Waals surface area contributed by atoms with Crippen molar-refractivity contribution in [3.05, 3.63) is 65.0 Å². The smallest absolute Gasteiger partial charge is 0.270 e. The van der Waals surface area contributed by atoms with E-state index in [4.69, 9.17) is 0 Å². The fourth-order valence-electron chi connectivity index (χ4n) is 2.46. The van der Waals surface area contributed by atoms with Gasteiger partial charge < -0.3 is 5.32 Å². The number of hydrogen-bond acceptors (Lipinski definition) is 2. The van der Waals surface area contributed by atoms with Crippen LogP contribution in [-0.4, -0.2) is 16.9 Å². The highest BCUT2D eigenvalue weighted by Crippen LogP contribution is 2.10. The van der Waals surface area contributed by atoms with Gasteiger partial charge in [-0.2, -0.15) is 0 Å². The lowest BCUT2D eigenvalue weighted by Gasteiger charge is -2.15. The molecule has 0 saturated carbocycles. The molecule has 2 aromatic rings. The predicted molar refractivity (Wildman–Crippen MR) is 90.0 cm³/mol. The van der Waals surface area contributed by atoms with E-state index in [9.17, 15) is 4.79 Å². The van der Waals surface area contributed by atoms with Crippen LogP contribution in [0.25, 0.3) is 0 Å². The number of aryl methyl sites for hydroxylation is 3. The van der Waals surface area contributed by atoms with Gasteiger partial charge in [-0.05, 0) is 50.3 Å². The molecule has 1 N–H and O–H groups in total. The van der Waals surface area contributed by atoms with Gasteiger partial charge in [-0.25, -0.2) is 4.98 Å². The van der Waals surface area contributed by atoms with Gasteiger partial charge in [0.25, 0.3) is 5.91 Å². The first kappa shape index (κ1) is 16.2. The Morgan fingerprint density at radius 2 is 1.91 bits per heavy atom. The van der Waals surface area contributed by atoms with E-state index < -0.39 is 0 Å². The van der Waals surface area contributed by atoms with Crippen LogP contribution < -0.4 is 5.32 Å². The van der Waals surface area contributed by atoms with Crippen molar-refractivity contribution in [1.29, 1.82) is 0 Å². The van der Waals surface area contributed by atoms with Crippen molar-refractivity contribution in [2.75, 3.05) is 0 Å². The van der Waals surface area contributed by atoms with Crippen LogP contribution in [0.15, 0.2) is 42.5 Å². The molecule has 1 heterocycles. The summed E-state index contributed by atoms with van der Waals surface area (Å²) in [6.07, 6.45) is 2.70. The SMILES string of the molecule is CCc1ccc(C)nc1C(=O)NC(C)CCc1ccccc1. The van der Waals surface area contributed by atoms with Gasteiger partial charge >= 0.3 is 0 Å². The third kappa shape index (κ3) is 4.42. The maximum Gasteiger partial charge on any atom is 0.270 e. The third-order valence-corrected chi connectivity index (χ3v) is 3.80. The van der Waals surface area contributed by atoms with Crippen LogP contribution in [0.2, 0.25) is 0 Å². The zero-order valence-electron chi connectivity index (χ0n) is 13.6. The van der Waals surface area contributed by atoms with Crippen LogP contribution in [0.4, 0.5) is 0 Å². The normalized spacial score (nSPS) is 12.0. The van der Waals surface area contributed by atoms with E-state index in [1.54, 1.807) is 0 Å². The zero-order valence-corrected chi connectivity index (χ0v) is 13.6. The fourth-order valence-corrected chi connectivity index (χ4v) is 2.46. The number of benzene rings is 1. The van der Waals surface area contributed by atoms with Gasteiger partial charge in [-0.3, -0.25) is 4.79 Å². The molecule has 1 amide bonds. The minimum Gasteiger partial charge on any atom is -0.348 e. The molecule has 1 unspecified atom stereocenters. The summed E-state index contributed by atoms with van der Waals surface area (Å²) in [4.78, 5) is 16.8. The zero-order chi connectivity index (χ0) is 15.9. The standard InChI is InChI=1S/C19H24N2O/c1-4-17-13-11-14(2)20-18(17)19(22)21-15(3)10-12-16-8-6-5-7-9-16/h5-9,11,13,15H,4,10,12H2,1-3H3,(H,21,22). The molecule has 3 nitrogen and oxygen atoms in total. The molecule has 0 saturated heterocycles. The van der Waals surface area contributed by atoms with E-state index in [-0.39, 0.29) is 11.9 Å². The molecular weight excluding hydrogens is 272 g/mol. The van der Waals surface area contributed by atoms with Gasteiger partial charge in [0.15, 0.2) is 0 Å². The van der Waals surface area contributed by atoms with Gasteiger partial charge in [0.2, 0.25) is 0 Å². The summed E-state index contributed by atoms with van der Waals surface area (Å²) in [6, 6.07) is 14.4. The Bertz CT molecular complexity index is 623. The van der Waals surface area contributed by atoms with Gasteiger partial charge in [-0.15, -0.1) is 0 Å². The lowest BCUT2D eigenvalue weighted by atomic mass is 10.1. The molecule has 116 valence electrons. The van der Waals surface area contributed by atoms with Crippen molar-refractivity contribution < 1.29 is 4.79 Å². The summed E-state index contributed by atoms with van der Waals surface area (Å²) in [5.74, 6) is -0.0684. The highest BCUT2D eigenvalue weighted by Gasteiger charge is 2.15. The highest BCUT2D eigenvalue weighted by molar-refractivity contribution is 5.93. The van der Waals surface area contributed by atoms with E-state index in [2.05, 4.69) is 22.4 Å². The van der Waals surface area contributed by atoms with Crippen LogP contribution in [-0.2, 0) is 12.8 Å². The molecular formula is C19H24N2O. The van der Waals surface area contributed by atoms with Crippen molar-refractivity contribution in [2.24, 2.45) is 0 Å². The monoisotopic (exact) mass is 296 g/mol. The molecule has 0 aliphatic heterocycles. The van der Waals surface area contributed by atoms with E-state index in [1.165, 1.54) is 5.56 Å². The number of carbonyl (C=O) groups is 1. The van der Waals surface area contributed by atoms with E-state index in [0.29, 0.717) is 5.69 Å². The average molecular weight is 296 g/mol. The molecule has 1 aromatic carbocycles. The van der Waals surface area contributed by atoms with Gasteiger partial charge in [0.1, 0.15) is 5.69 Å². The largest absolute Gasteiger partial charge is 0.348 e. The molecule has 0 bridgehead atoms. The van der Waals surface area contributed by atoms with Crippen molar-refractivity contribution in [1.82, 2.24) is 10.3 Å². The molecule has 0 spiro atoms. The summed E-state index contributed by atoms with van der Waals surface area (Å²) in [5.41, 5.74) is 3.73. The molecule has 1 atom stereocenters. The summed E-state index contributed by atoms with van der Waals surface area (Å²) < 4.78 is 0. The second-order valence-corrected chi connectivity index (χ2v) is 5.71. The fraction of sp³-hybridized carbons (Fsp3) is 0.368. The minimum atomic E-state index is -0.0684. The predicted octanol–water partition coefficient (Wildman–Crippen LogP) is 3.70. The minimum absolute atomic E-state index is 0.0684. The molecule has 0 aliphatic rings.